The van der Waals surface area contributed by atoms with Gasteiger partial charge in [0.15, 0.2) is 5.96 Å². The van der Waals surface area contributed by atoms with E-state index in [1.165, 1.54) is 6.07 Å². The van der Waals surface area contributed by atoms with Crippen molar-refractivity contribution in [2.75, 3.05) is 6.61 Å². The lowest BCUT2D eigenvalue weighted by Gasteiger charge is -2.23. The summed E-state index contributed by atoms with van der Waals surface area (Å²) < 4.78 is 19.6. The highest BCUT2D eigenvalue weighted by Gasteiger charge is 2.41. The highest BCUT2D eigenvalue weighted by Crippen LogP contribution is 2.45. The van der Waals surface area contributed by atoms with Crippen molar-refractivity contribution in [1.82, 2.24) is 5.32 Å². The van der Waals surface area contributed by atoms with Crippen LogP contribution in [0.3, 0.4) is 0 Å². The largest absolute Gasteiger partial charge is 0.493 e. The highest BCUT2D eigenvalue weighted by molar-refractivity contribution is 6.31. The van der Waals surface area contributed by atoms with Crippen LogP contribution in [0.2, 0.25) is 5.02 Å². The van der Waals surface area contributed by atoms with E-state index in [-0.39, 0.29) is 23.8 Å². The Morgan fingerprint density at radius 1 is 1.24 bits per heavy atom. The van der Waals surface area contributed by atoms with Gasteiger partial charge in [-0.25, -0.2) is 9.38 Å². The van der Waals surface area contributed by atoms with Crippen LogP contribution in [0.25, 0.3) is 0 Å². The molecule has 0 aromatic heterocycles. The van der Waals surface area contributed by atoms with Gasteiger partial charge < -0.3 is 15.8 Å². The fourth-order valence-corrected chi connectivity index (χ4v) is 3.69. The van der Waals surface area contributed by atoms with Crippen molar-refractivity contribution in [3.05, 3.63) is 64.4 Å². The van der Waals surface area contributed by atoms with E-state index in [0.717, 1.165) is 24.2 Å². The molecule has 2 aromatic rings. The van der Waals surface area contributed by atoms with E-state index in [1.807, 2.05) is 24.3 Å². The van der Waals surface area contributed by atoms with E-state index in [0.29, 0.717) is 23.2 Å². The Hall–Kier alpha value is -2.27. The predicted molar refractivity (Wildman–Crippen MR) is 96.6 cm³/mol. The number of halogens is 2. The number of aliphatic imine (C=N–C) groups is 1. The van der Waals surface area contributed by atoms with Crippen molar-refractivity contribution in [3.8, 4) is 5.75 Å². The lowest BCUT2D eigenvalue weighted by molar-refractivity contribution is 0.269. The molecule has 1 fully saturated rings. The van der Waals surface area contributed by atoms with Gasteiger partial charge in [-0.2, -0.15) is 0 Å². The number of benzene rings is 2. The van der Waals surface area contributed by atoms with Gasteiger partial charge in [0.05, 0.1) is 12.6 Å². The van der Waals surface area contributed by atoms with Crippen LogP contribution < -0.4 is 15.8 Å². The van der Waals surface area contributed by atoms with Gasteiger partial charge in [0.1, 0.15) is 11.6 Å². The number of hydrogen-bond donors (Lipinski definition) is 2. The summed E-state index contributed by atoms with van der Waals surface area (Å²) in [5.41, 5.74) is 7.70. The van der Waals surface area contributed by atoms with Gasteiger partial charge >= 0.3 is 0 Å². The number of guanidine groups is 1. The summed E-state index contributed by atoms with van der Waals surface area (Å²) in [5, 5.41) is 3.66. The number of nitrogens with one attached hydrogen (secondary N) is 1. The average Bonchev–Trinajstić information content (AvgIpc) is 3.33. The number of hydrogen-bond acceptors (Lipinski definition) is 2. The maximum atomic E-state index is 14.0. The number of nitrogens with two attached hydrogens (primary N) is 1. The van der Waals surface area contributed by atoms with Crippen molar-refractivity contribution in [2.24, 2.45) is 10.7 Å². The maximum Gasteiger partial charge on any atom is 0.189 e. The van der Waals surface area contributed by atoms with Crippen molar-refractivity contribution in [1.29, 1.82) is 0 Å². The number of ether oxygens (including phenoxy) is 1. The van der Waals surface area contributed by atoms with Crippen LogP contribution in [-0.2, 0) is 0 Å². The quantitative estimate of drug-likeness (QED) is 0.648. The van der Waals surface area contributed by atoms with Crippen molar-refractivity contribution in [3.63, 3.8) is 0 Å². The lowest BCUT2D eigenvalue weighted by atomic mass is 10.0. The molecule has 1 aliphatic carbocycles. The van der Waals surface area contributed by atoms with Crippen LogP contribution in [0.1, 0.15) is 35.9 Å². The van der Waals surface area contributed by atoms with Gasteiger partial charge in [-0.1, -0.05) is 35.9 Å². The summed E-state index contributed by atoms with van der Waals surface area (Å²) >= 11 is 6.14. The Labute approximate surface area is 150 Å². The topological polar surface area (TPSA) is 59.6 Å². The Balaban J connectivity index is 1.46. The minimum atomic E-state index is -0.268. The van der Waals surface area contributed by atoms with Crippen LogP contribution >= 0.6 is 11.6 Å². The maximum absolute atomic E-state index is 14.0. The van der Waals surface area contributed by atoms with E-state index in [4.69, 9.17) is 22.1 Å². The van der Waals surface area contributed by atoms with E-state index < -0.39 is 0 Å². The van der Waals surface area contributed by atoms with E-state index in [1.54, 1.807) is 12.1 Å². The Morgan fingerprint density at radius 3 is 2.92 bits per heavy atom. The molecule has 2 aliphatic rings. The number of fused-ring (bicyclic) bond motifs is 1. The van der Waals surface area contributed by atoms with Gasteiger partial charge in [0.25, 0.3) is 0 Å². The predicted octanol–water partition coefficient (Wildman–Crippen LogP) is 3.76. The zero-order valence-corrected chi connectivity index (χ0v) is 14.3. The third-order valence-electron chi connectivity index (χ3n) is 4.72. The average molecular weight is 360 g/mol. The third kappa shape index (κ3) is 3.29. The molecule has 1 saturated carbocycles. The van der Waals surface area contributed by atoms with Gasteiger partial charge in [-0.05, 0) is 24.6 Å². The van der Waals surface area contributed by atoms with Gasteiger partial charge in [-0.3, -0.25) is 0 Å². The zero-order valence-electron chi connectivity index (χ0n) is 13.6. The van der Waals surface area contributed by atoms with Crippen LogP contribution in [0.4, 0.5) is 4.39 Å². The molecule has 3 unspecified atom stereocenters. The standard InChI is InChI=1S/C19H19ClFN3O/c20-13-5-3-6-14(21)18(13)12-10-16(12)24-19(22)23-15-8-9-25-17-7-2-1-4-11(15)17/h1-7,12,15-16H,8-10H2,(H3,22,23,24). The summed E-state index contributed by atoms with van der Waals surface area (Å²) in [4.78, 5) is 4.61. The van der Waals surface area contributed by atoms with Crippen molar-refractivity contribution >= 4 is 17.6 Å². The van der Waals surface area contributed by atoms with Gasteiger partial charge in [0.2, 0.25) is 0 Å². The second kappa shape index (κ2) is 6.56. The lowest BCUT2D eigenvalue weighted by Crippen LogP contribution is -2.35. The first kappa shape index (κ1) is 16.2. The van der Waals surface area contributed by atoms with Crippen LogP contribution in [0, 0.1) is 5.82 Å². The summed E-state index contributed by atoms with van der Waals surface area (Å²) in [6.45, 7) is 0.620. The summed E-state index contributed by atoms with van der Waals surface area (Å²) in [6, 6.07) is 12.7. The summed E-state index contributed by atoms with van der Waals surface area (Å²) in [7, 11) is 0. The van der Waals surface area contributed by atoms with Crippen LogP contribution in [0.15, 0.2) is 47.5 Å². The number of nitrogens with zero attached hydrogens (tertiary/aromatic N) is 1. The first-order valence-electron chi connectivity index (χ1n) is 8.39. The second-order valence-corrected chi connectivity index (χ2v) is 6.84. The van der Waals surface area contributed by atoms with E-state index in [2.05, 4.69) is 10.3 Å². The Bertz CT molecular complexity index is 806. The first-order chi connectivity index (χ1) is 12.1. The van der Waals surface area contributed by atoms with Crippen LogP contribution in [-0.4, -0.2) is 18.6 Å². The molecule has 0 saturated heterocycles. The molecule has 6 heteroatoms. The summed E-state index contributed by atoms with van der Waals surface area (Å²) in [6.07, 6.45) is 1.58. The molecular formula is C19H19ClFN3O. The molecule has 2 aromatic carbocycles. The highest BCUT2D eigenvalue weighted by atomic mass is 35.5. The molecule has 1 aliphatic heterocycles. The number of rotatable bonds is 3. The molecule has 0 spiro atoms. The molecule has 4 rings (SSSR count). The smallest absolute Gasteiger partial charge is 0.189 e. The van der Waals surface area contributed by atoms with Gasteiger partial charge in [-0.15, -0.1) is 0 Å². The minimum absolute atomic E-state index is 0.0216. The van der Waals surface area contributed by atoms with Crippen LogP contribution in [0.5, 0.6) is 5.75 Å². The minimum Gasteiger partial charge on any atom is -0.493 e. The monoisotopic (exact) mass is 359 g/mol. The van der Waals surface area contributed by atoms with E-state index in [9.17, 15) is 4.39 Å². The summed E-state index contributed by atoms with van der Waals surface area (Å²) in [5.74, 6) is 1.000. The normalized spacial score (nSPS) is 25.0. The molecule has 1 heterocycles. The SMILES string of the molecule is NC(=NC1CCOc2ccccc21)NC1CC1c1c(F)cccc1Cl. The van der Waals surface area contributed by atoms with Crippen molar-refractivity contribution < 1.29 is 9.13 Å². The molecule has 3 atom stereocenters. The molecule has 3 N–H and O–H groups in total. The Morgan fingerprint density at radius 2 is 2.08 bits per heavy atom. The zero-order chi connectivity index (χ0) is 17.4. The fraction of sp³-hybridized carbons (Fsp3) is 0.316. The third-order valence-corrected chi connectivity index (χ3v) is 5.05. The Kier molecular flexibility index (Phi) is 4.25. The molecule has 0 bridgehead atoms. The molecular weight excluding hydrogens is 341 g/mol. The first-order valence-corrected chi connectivity index (χ1v) is 8.76. The van der Waals surface area contributed by atoms with E-state index >= 15 is 0 Å². The second-order valence-electron chi connectivity index (χ2n) is 6.43. The molecule has 130 valence electrons. The molecule has 4 nitrogen and oxygen atoms in total. The van der Waals surface area contributed by atoms with Gasteiger partial charge in [0, 0.05) is 34.5 Å². The van der Waals surface area contributed by atoms with Crippen molar-refractivity contribution in [2.45, 2.75) is 30.8 Å². The number of para-hydroxylation sites is 1. The molecule has 0 radical (unpaired) electrons. The fourth-order valence-electron chi connectivity index (χ4n) is 3.39. The molecule has 0 amide bonds. The molecule has 25 heavy (non-hydrogen) atoms.